The molecule has 0 bridgehead atoms. The number of benzene rings is 1. The molecule has 0 aliphatic heterocycles. The first kappa shape index (κ1) is 18.8. The lowest BCUT2D eigenvalue weighted by molar-refractivity contribution is -0.141. The Morgan fingerprint density at radius 3 is 2.73 bits per heavy atom. The first-order valence-electron chi connectivity index (χ1n) is 8.37. The Morgan fingerprint density at radius 1 is 1.42 bits per heavy atom. The van der Waals surface area contributed by atoms with Gasteiger partial charge in [-0.3, -0.25) is 9.48 Å². The molecule has 0 radical (unpaired) electrons. The van der Waals surface area contributed by atoms with Crippen molar-refractivity contribution < 1.29 is 18.0 Å². The molecule has 2 aromatic rings. The van der Waals surface area contributed by atoms with E-state index in [0.717, 1.165) is 24.5 Å². The average Bonchev–Trinajstić information content (AvgIpc) is 3.31. The molecule has 1 saturated carbocycles. The molecule has 8 heteroatoms. The Kier molecular flexibility index (Phi) is 5.01. The van der Waals surface area contributed by atoms with Crippen LogP contribution in [0.1, 0.15) is 42.6 Å². The van der Waals surface area contributed by atoms with Crippen LogP contribution in [0.3, 0.4) is 0 Å². The first-order valence-corrected chi connectivity index (χ1v) is 8.75. The van der Waals surface area contributed by atoms with Crippen LogP contribution >= 0.6 is 11.6 Å². The van der Waals surface area contributed by atoms with Crippen molar-refractivity contribution in [1.29, 1.82) is 0 Å². The standard InChI is InChI=1S/C18H19ClF3N3O/c1-10(17(26)23-14-5-3-4-13(19)11(14)2)9-25-15(12-6-7-12)8-16(24-25)18(20,21)22/h3-5,8,10,12H,6-7,9H2,1-2H3,(H,23,26). The summed E-state index contributed by atoms with van der Waals surface area (Å²) in [5.41, 5.74) is 0.980. The number of hydrogen-bond acceptors (Lipinski definition) is 2. The third-order valence-electron chi connectivity index (χ3n) is 4.52. The van der Waals surface area contributed by atoms with Gasteiger partial charge < -0.3 is 5.32 Å². The zero-order chi connectivity index (χ0) is 19.1. The number of amides is 1. The molecular formula is C18H19ClF3N3O. The lowest BCUT2D eigenvalue weighted by Gasteiger charge is -2.16. The van der Waals surface area contributed by atoms with Gasteiger partial charge in [-0.1, -0.05) is 24.6 Å². The van der Waals surface area contributed by atoms with Gasteiger partial charge in [0.2, 0.25) is 5.91 Å². The average molecular weight is 386 g/mol. The van der Waals surface area contributed by atoms with E-state index in [2.05, 4.69) is 10.4 Å². The Morgan fingerprint density at radius 2 is 2.12 bits per heavy atom. The quantitative estimate of drug-likeness (QED) is 0.785. The van der Waals surface area contributed by atoms with E-state index in [1.54, 1.807) is 32.0 Å². The Hall–Kier alpha value is -2.02. The Balaban J connectivity index is 1.75. The van der Waals surface area contributed by atoms with Crippen LogP contribution in [0.15, 0.2) is 24.3 Å². The lowest BCUT2D eigenvalue weighted by atomic mass is 10.1. The highest BCUT2D eigenvalue weighted by Crippen LogP contribution is 2.42. The van der Waals surface area contributed by atoms with Crippen LogP contribution in [0.25, 0.3) is 0 Å². The number of carbonyl (C=O) groups is 1. The monoisotopic (exact) mass is 385 g/mol. The van der Waals surface area contributed by atoms with E-state index in [4.69, 9.17) is 11.6 Å². The first-order chi connectivity index (χ1) is 12.2. The second-order valence-corrected chi connectivity index (χ2v) is 7.12. The molecule has 26 heavy (non-hydrogen) atoms. The second kappa shape index (κ2) is 6.95. The highest BCUT2D eigenvalue weighted by atomic mass is 35.5. The van der Waals surface area contributed by atoms with Crippen LogP contribution < -0.4 is 5.32 Å². The molecule has 1 fully saturated rings. The van der Waals surface area contributed by atoms with Gasteiger partial charge in [-0.25, -0.2) is 0 Å². The molecule has 140 valence electrons. The molecule has 1 aromatic heterocycles. The van der Waals surface area contributed by atoms with Gasteiger partial charge in [-0.2, -0.15) is 18.3 Å². The van der Waals surface area contributed by atoms with E-state index in [1.807, 2.05) is 0 Å². The van der Waals surface area contributed by atoms with Gasteiger partial charge in [-0.05, 0) is 43.5 Å². The van der Waals surface area contributed by atoms with Gasteiger partial charge in [0.15, 0.2) is 5.69 Å². The molecule has 1 aliphatic carbocycles. The number of carbonyl (C=O) groups excluding carboxylic acids is 1. The van der Waals surface area contributed by atoms with Crippen molar-refractivity contribution in [2.24, 2.45) is 5.92 Å². The maximum atomic E-state index is 13.0. The van der Waals surface area contributed by atoms with Gasteiger partial charge in [-0.15, -0.1) is 0 Å². The summed E-state index contributed by atoms with van der Waals surface area (Å²) in [7, 11) is 0. The largest absolute Gasteiger partial charge is 0.435 e. The molecule has 0 saturated heterocycles. The molecular weight excluding hydrogens is 367 g/mol. The van der Waals surface area contributed by atoms with Crippen molar-refractivity contribution in [1.82, 2.24) is 9.78 Å². The van der Waals surface area contributed by atoms with Crippen LogP contribution in [0, 0.1) is 12.8 Å². The fraction of sp³-hybridized carbons (Fsp3) is 0.444. The summed E-state index contributed by atoms with van der Waals surface area (Å²) in [6.45, 7) is 3.55. The van der Waals surface area contributed by atoms with Crippen molar-refractivity contribution in [3.8, 4) is 0 Å². The molecule has 1 atom stereocenters. The van der Waals surface area contributed by atoms with Crippen LogP contribution in [-0.2, 0) is 17.5 Å². The van der Waals surface area contributed by atoms with E-state index in [9.17, 15) is 18.0 Å². The molecule has 4 nitrogen and oxygen atoms in total. The molecule has 1 aliphatic rings. The summed E-state index contributed by atoms with van der Waals surface area (Å²) >= 11 is 6.04. The van der Waals surface area contributed by atoms with Crippen molar-refractivity contribution >= 4 is 23.2 Å². The molecule has 1 heterocycles. The lowest BCUT2D eigenvalue weighted by Crippen LogP contribution is -2.26. The van der Waals surface area contributed by atoms with Gasteiger partial charge in [0.25, 0.3) is 0 Å². The summed E-state index contributed by atoms with van der Waals surface area (Å²) in [5, 5.41) is 7.02. The second-order valence-electron chi connectivity index (χ2n) is 6.71. The van der Waals surface area contributed by atoms with E-state index in [0.29, 0.717) is 16.4 Å². The highest BCUT2D eigenvalue weighted by molar-refractivity contribution is 6.31. The van der Waals surface area contributed by atoms with Crippen molar-refractivity contribution in [2.45, 2.75) is 45.3 Å². The maximum Gasteiger partial charge on any atom is 0.435 e. The number of aromatic nitrogens is 2. The third-order valence-corrected chi connectivity index (χ3v) is 4.93. The number of nitrogens with zero attached hydrogens (tertiary/aromatic N) is 2. The predicted molar refractivity (Wildman–Crippen MR) is 93.2 cm³/mol. The fourth-order valence-corrected chi connectivity index (χ4v) is 2.94. The minimum Gasteiger partial charge on any atom is -0.326 e. The number of rotatable bonds is 5. The van der Waals surface area contributed by atoms with Crippen molar-refractivity contribution in [3.05, 3.63) is 46.2 Å². The normalized spacial score (nSPS) is 15.8. The SMILES string of the molecule is Cc1c(Cl)cccc1NC(=O)C(C)Cn1nc(C(F)(F)F)cc1C1CC1. The summed E-state index contributed by atoms with van der Waals surface area (Å²) in [6.07, 6.45) is -2.78. The number of alkyl halides is 3. The van der Waals surface area contributed by atoms with Gasteiger partial charge in [0.05, 0.1) is 12.5 Å². The van der Waals surface area contributed by atoms with Gasteiger partial charge in [0, 0.05) is 22.3 Å². The zero-order valence-corrected chi connectivity index (χ0v) is 15.2. The van der Waals surface area contributed by atoms with Crippen molar-refractivity contribution in [2.75, 3.05) is 5.32 Å². The Labute approximate surface area is 154 Å². The predicted octanol–water partition coefficient (Wildman–Crippen LogP) is 5.02. The number of anilines is 1. The summed E-state index contributed by atoms with van der Waals surface area (Å²) in [5.74, 6) is -0.739. The summed E-state index contributed by atoms with van der Waals surface area (Å²) < 4.78 is 40.2. The molecule has 1 aromatic carbocycles. The third kappa shape index (κ3) is 4.03. The van der Waals surface area contributed by atoms with Crippen LogP contribution in [0.4, 0.5) is 18.9 Å². The number of nitrogens with one attached hydrogen (secondary N) is 1. The molecule has 1 N–H and O–H groups in total. The minimum absolute atomic E-state index is 0.0906. The smallest absolute Gasteiger partial charge is 0.326 e. The molecule has 1 unspecified atom stereocenters. The van der Waals surface area contributed by atoms with E-state index in [-0.39, 0.29) is 18.4 Å². The van der Waals surface area contributed by atoms with Crippen LogP contribution in [-0.4, -0.2) is 15.7 Å². The maximum absolute atomic E-state index is 13.0. The van der Waals surface area contributed by atoms with Crippen LogP contribution in [0.2, 0.25) is 5.02 Å². The molecule has 1 amide bonds. The minimum atomic E-state index is -4.49. The topological polar surface area (TPSA) is 46.9 Å². The van der Waals surface area contributed by atoms with E-state index in [1.165, 1.54) is 4.68 Å². The molecule has 3 rings (SSSR count). The zero-order valence-electron chi connectivity index (χ0n) is 14.4. The highest BCUT2D eigenvalue weighted by Gasteiger charge is 2.38. The summed E-state index contributed by atoms with van der Waals surface area (Å²) in [4.78, 5) is 12.5. The van der Waals surface area contributed by atoms with Gasteiger partial charge >= 0.3 is 6.18 Å². The Bertz CT molecular complexity index is 828. The van der Waals surface area contributed by atoms with E-state index < -0.39 is 17.8 Å². The summed E-state index contributed by atoms with van der Waals surface area (Å²) in [6, 6.07) is 6.28. The van der Waals surface area contributed by atoms with E-state index >= 15 is 0 Å². The van der Waals surface area contributed by atoms with Crippen LogP contribution in [0.5, 0.6) is 0 Å². The van der Waals surface area contributed by atoms with Crippen molar-refractivity contribution in [3.63, 3.8) is 0 Å². The fourth-order valence-electron chi connectivity index (χ4n) is 2.76. The van der Waals surface area contributed by atoms with Gasteiger partial charge in [0.1, 0.15) is 0 Å². The molecule has 0 spiro atoms. The number of halogens is 4. The number of hydrogen-bond donors (Lipinski definition) is 1.